The largest absolute Gasteiger partial charge is 0.465 e. The first kappa shape index (κ1) is 17.8. The lowest BCUT2D eigenvalue weighted by Gasteiger charge is -2.25. The van der Waals surface area contributed by atoms with Crippen molar-refractivity contribution in [2.75, 3.05) is 18.0 Å². The molecule has 3 rings (SSSR count). The number of methoxy groups -OCH3 is 1. The summed E-state index contributed by atoms with van der Waals surface area (Å²) in [5.74, 6) is -0.607. The maximum absolute atomic E-state index is 13.3. The van der Waals surface area contributed by atoms with Crippen LogP contribution in [0.2, 0.25) is 5.02 Å². The van der Waals surface area contributed by atoms with Crippen molar-refractivity contribution in [2.45, 2.75) is 24.2 Å². The summed E-state index contributed by atoms with van der Waals surface area (Å²) in [7, 11) is -2.65. The van der Waals surface area contributed by atoms with Gasteiger partial charge in [-0.1, -0.05) is 29.8 Å². The number of benzene rings is 2. The number of hydrogen-bond donors (Lipinski definition) is 0. The Bertz CT molecular complexity index is 911. The zero-order valence-corrected chi connectivity index (χ0v) is 15.3. The van der Waals surface area contributed by atoms with Crippen molar-refractivity contribution in [3.8, 4) is 0 Å². The van der Waals surface area contributed by atoms with Crippen LogP contribution in [-0.2, 0) is 21.2 Å². The van der Waals surface area contributed by atoms with E-state index < -0.39 is 16.0 Å². The van der Waals surface area contributed by atoms with Gasteiger partial charge in [0.25, 0.3) is 10.0 Å². The first-order chi connectivity index (χ1) is 11.9. The summed E-state index contributed by atoms with van der Waals surface area (Å²) in [4.78, 5) is 11.7. The molecule has 0 N–H and O–H groups in total. The molecular formula is C18H18ClNO4S. The van der Waals surface area contributed by atoms with Crippen molar-refractivity contribution < 1.29 is 17.9 Å². The molecule has 25 heavy (non-hydrogen) atoms. The third kappa shape index (κ3) is 3.37. The Kier molecular flexibility index (Phi) is 5.01. The number of carbonyl (C=O) groups excluding carboxylic acids is 1. The second kappa shape index (κ2) is 7.06. The maximum Gasteiger partial charge on any atom is 0.337 e. The van der Waals surface area contributed by atoms with E-state index in [0.29, 0.717) is 12.2 Å². The Morgan fingerprint density at radius 3 is 2.68 bits per heavy atom. The summed E-state index contributed by atoms with van der Waals surface area (Å²) in [6.07, 6.45) is 2.50. The summed E-state index contributed by atoms with van der Waals surface area (Å²) >= 11 is 6.16. The molecule has 1 aliphatic rings. The van der Waals surface area contributed by atoms with Crippen molar-refractivity contribution in [1.82, 2.24) is 0 Å². The Balaban J connectivity index is 2.12. The number of hydrogen-bond acceptors (Lipinski definition) is 4. The van der Waals surface area contributed by atoms with E-state index in [0.717, 1.165) is 24.8 Å². The minimum absolute atomic E-state index is 0.0781. The number of carbonyl (C=O) groups is 1. The Hall–Kier alpha value is -2.05. The Morgan fingerprint density at radius 2 is 1.92 bits per heavy atom. The zero-order valence-electron chi connectivity index (χ0n) is 13.7. The van der Waals surface area contributed by atoms with Crippen LogP contribution in [0.15, 0.2) is 47.4 Å². The zero-order chi connectivity index (χ0) is 18.0. The predicted octanol–water partition coefficient (Wildman–Crippen LogP) is 3.66. The van der Waals surface area contributed by atoms with Crippen LogP contribution in [0.4, 0.5) is 5.69 Å². The van der Waals surface area contributed by atoms with E-state index in [-0.39, 0.29) is 15.5 Å². The SMILES string of the molecule is COC(=O)c1ccc(Cl)c(S(=O)(=O)N2CCCCc3ccccc32)c1. The van der Waals surface area contributed by atoms with Gasteiger partial charge in [0, 0.05) is 6.54 Å². The number of nitrogens with zero attached hydrogens (tertiary/aromatic N) is 1. The smallest absolute Gasteiger partial charge is 0.337 e. The second-order valence-electron chi connectivity index (χ2n) is 5.80. The van der Waals surface area contributed by atoms with E-state index >= 15 is 0 Å². The van der Waals surface area contributed by atoms with Gasteiger partial charge >= 0.3 is 5.97 Å². The molecule has 5 nitrogen and oxygen atoms in total. The summed E-state index contributed by atoms with van der Waals surface area (Å²) < 4.78 is 32.6. The number of aryl methyl sites for hydroxylation is 1. The highest BCUT2D eigenvalue weighted by atomic mass is 35.5. The highest BCUT2D eigenvalue weighted by Crippen LogP contribution is 2.33. The van der Waals surface area contributed by atoms with Gasteiger partial charge in [-0.2, -0.15) is 0 Å². The summed E-state index contributed by atoms with van der Waals surface area (Å²) in [6.45, 7) is 0.373. The normalized spacial score (nSPS) is 14.6. The Morgan fingerprint density at radius 1 is 1.16 bits per heavy atom. The van der Waals surface area contributed by atoms with Gasteiger partial charge in [0.15, 0.2) is 0 Å². The van der Waals surface area contributed by atoms with Crippen molar-refractivity contribution in [3.05, 3.63) is 58.6 Å². The molecule has 0 unspecified atom stereocenters. The lowest BCUT2D eigenvalue weighted by atomic mass is 10.1. The fourth-order valence-corrected chi connectivity index (χ4v) is 5.02. The van der Waals surface area contributed by atoms with Crippen LogP contribution < -0.4 is 4.31 Å². The average Bonchev–Trinajstić information content (AvgIpc) is 2.84. The molecule has 2 aromatic carbocycles. The van der Waals surface area contributed by atoms with Crippen LogP contribution in [0, 0.1) is 0 Å². The van der Waals surface area contributed by atoms with Gasteiger partial charge < -0.3 is 4.74 Å². The Labute approximate surface area is 152 Å². The lowest BCUT2D eigenvalue weighted by molar-refractivity contribution is 0.0600. The van der Waals surface area contributed by atoms with Crippen molar-refractivity contribution in [1.29, 1.82) is 0 Å². The molecule has 7 heteroatoms. The third-order valence-corrected chi connectivity index (χ3v) is 6.53. The number of sulfonamides is 1. The lowest BCUT2D eigenvalue weighted by Crippen LogP contribution is -2.32. The van der Waals surface area contributed by atoms with Gasteiger partial charge in [-0.25, -0.2) is 13.2 Å². The first-order valence-corrected chi connectivity index (χ1v) is 9.75. The van der Waals surface area contributed by atoms with Crippen LogP contribution in [0.1, 0.15) is 28.8 Å². The number of fused-ring (bicyclic) bond motifs is 1. The fourth-order valence-electron chi connectivity index (χ4n) is 2.97. The molecule has 0 aliphatic carbocycles. The molecule has 0 bridgehead atoms. The van der Waals surface area contributed by atoms with E-state index in [4.69, 9.17) is 11.6 Å². The van der Waals surface area contributed by atoms with E-state index in [2.05, 4.69) is 4.74 Å². The molecule has 0 radical (unpaired) electrons. The quantitative estimate of drug-likeness (QED) is 0.763. The topological polar surface area (TPSA) is 63.7 Å². The highest BCUT2D eigenvalue weighted by Gasteiger charge is 2.30. The number of esters is 1. The number of rotatable bonds is 3. The van der Waals surface area contributed by atoms with Gasteiger partial charge in [0.2, 0.25) is 0 Å². The molecule has 0 saturated carbocycles. The van der Waals surface area contributed by atoms with Crippen molar-refractivity contribution in [2.24, 2.45) is 0 Å². The van der Waals surface area contributed by atoms with Gasteiger partial charge in [-0.05, 0) is 49.1 Å². The van der Waals surface area contributed by atoms with Crippen LogP contribution >= 0.6 is 11.6 Å². The molecule has 132 valence electrons. The fraction of sp³-hybridized carbons (Fsp3) is 0.278. The number of anilines is 1. The first-order valence-electron chi connectivity index (χ1n) is 7.93. The molecule has 0 saturated heterocycles. The van der Waals surface area contributed by atoms with Gasteiger partial charge in [0.05, 0.1) is 23.4 Å². The van der Waals surface area contributed by atoms with E-state index in [1.165, 1.54) is 29.6 Å². The molecule has 0 amide bonds. The molecule has 0 fully saturated rings. The van der Waals surface area contributed by atoms with Crippen molar-refractivity contribution >= 4 is 33.3 Å². The van der Waals surface area contributed by atoms with Crippen LogP contribution in [0.25, 0.3) is 0 Å². The average molecular weight is 380 g/mol. The number of ether oxygens (including phenoxy) is 1. The number of halogens is 1. The molecular weight excluding hydrogens is 362 g/mol. The minimum Gasteiger partial charge on any atom is -0.465 e. The van der Waals surface area contributed by atoms with Gasteiger partial charge in [-0.15, -0.1) is 0 Å². The van der Waals surface area contributed by atoms with E-state index in [1.54, 1.807) is 6.07 Å². The van der Waals surface area contributed by atoms with Crippen LogP contribution in [-0.4, -0.2) is 28.0 Å². The second-order valence-corrected chi connectivity index (χ2v) is 8.04. The van der Waals surface area contributed by atoms with Crippen molar-refractivity contribution in [3.63, 3.8) is 0 Å². The summed E-state index contributed by atoms with van der Waals surface area (Å²) in [6, 6.07) is 11.6. The predicted molar refractivity (Wildman–Crippen MR) is 96.7 cm³/mol. The molecule has 2 aromatic rings. The summed E-state index contributed by atoms with van der Waals surface area (Å²) in [5, 5.41) is 0.0781. The molecule has 1 aliphatic heterocycles. The van der Waals surface area contributed by atoms with E-state index in [9.17, 15) is 13.2 Å². The van der Waals surface area contributed by atoms with Crippen LogP contribution in [0.5, 0.6) is 0 Å². The van der Waals surface area contributed by atoms with Gasteiger partial charge in [0.1, 0.15) is 4.90 Å². The molecule has 0 aromatic heterocycles. The highest BCUT2D eigenvalue weighted by molar-refractivity contribution is 7.93. The maximum atomic E-state index is 13.3. The standard InChI is InChI=1S/C18H18ClNO4S/c1-24-18(21)14-9-10-15(19)17(12-14)25(22,23)20-11-5-4-7-13-6-2-3-8-16(13)20/h2-3,6,8-10,12H,4-5,7,11H2,1H3. The van der Waals surface area contributed by atoms with Crippen LogP contribution in [0.3, 0.4) is 0 Å². The number of para-hydroxylation sites is 1. The minimum atomic E-state index is -3.90. The molecule has 1 heterocycles. The molecule has 0 spiro atoms. The molecule has 0 atom stereocenters. The van der Waals surface area contributed by atoms with E-state index in [1.807, 2.05) is 18.2 Å². The summed E-state index contributed by atoms with van der Waals surface area (Å²) in [5.41, 5.74) is 1.80. The monoisotopic (exact) mass is 379 g/mol. The van der Waals surface area contributed by atoms with Gasteiger partial charge in [-0.3, -0.25) is 4.31 Å². The third-order valence-electron chi connectivity index (χ3n) is 4.24.